The summed E-state index contributed by atoms with van der Waals surface area (Å²) in [6, 6.07) is 11.0. The molecule has 8 nitrogen and oxygen atoms in total. The topological polar surface area (TPSA) is 119 Å². The highest BCUT2D eigenvalue weighted by Crippen LogP contribution is 2.18. The number of nitrogens with one attached hydrogen (secondary N) is 2. The van der Waals surface area contributed by atoms with E-state index < -0.39 is 28.5 Å². The van der Waals surface area contributed by atoms with E-state index in [4.69, 9.17) is 11.2 Å². The largest absolute Gasteiger partial charge is 0.452 e. The number of hydrogen-bond acceptors (Lipinski definition) is 6. The van der Waals surface area contributed by atoms with Gasteiger partial charge in [-0.2, -0.15) is 0 Å². The van der Waals surface area contributed by atoms with Crippen molar-refractivity contribution >= 4 is 33.4 Å². The highest BCUT2D eigenvalue weighted by atomic mass is 32.2. The third-order valence-electron chi connectivity index (χ3n) is 3.67. The molecule has 2 N–H and O–H groups in total. The normalized spacial score (nSPS) is 10.5. The van der Waals surface area contributed by atoms with Crippen molar-refractivity contribution in [3.05, 3.63) is 59.7 Å². The molecule has 0 radical (unpaired) electrons. The van der Waals surface area contributed by atoms with Crippen molar-refractivity contribution in [1.29, 1.82) is 0 Å². The van der Waals surface area contributed by atoms with Gasteiger partial charge >= 0.3 is 5.97 Å². The van der Waals surface area contributed by atoms with Gasteiger partial charge in [0.25, 0.3) is 15.9 Å². The molecule has 2 aromatic rings. The van der Waals surface area contributed by atoms with Gasteiger partial charge in [-0.15, -0.1) is 6.42 Å². The van der Waals surface area contributed by atoms with Crippen LogP contribution in [0.25, 0.3) is 0 Å². The summed E-state index contributed by atoms with van der Waals surface area (Å²) in [4.78, 5) is 34.6. The first-order chi connectivity index (χ1) is 13.7. The van der Waals surface area contributed by atoms with Gasteiger partial charge in [0.2, 0.25) is 0 Å². The van der Waals surface area contributed by atoms with Crippen LogP contribution in [0.3, 0.4) is 0 Å². The molecule has 0 aliphatic carbocycles. The Morgan fingerprint density at radius 2 is 1.59 bits per heavy atom. The minimum Gasteiger partial charge on any atom is -0.452 e. The SMILES string of the molecule is C#CCNC(=O)COC(=O)c1ccc(NS(=O)(=O)c2ccc(C(C)=O)cc2)cc1. The number of terminal acetylenes is 1. The fourth-order valence-corrected chi connectivity index (χ4v) is 3.23. The highest BCUT2D eigenvalue weighted by Gasteiger charge is 2.15. The van der Waals surface area contributed by atoms with Crippen LogP contribution < -0.4 is 10.0 Å². The van der Waals surface area contributed by atoms with Gasteiger partial charge in [0, 0.05) is 11.3 Å². The smallest absolute Gasteiger partial charge is 0.338 e. The first kappa shape index (κ1) is 21.7. The number of ketones is 1. The van der Waals surface area contributed by atoms with E-state index in [0.717, 1.165) is 0 Å². The van der Waals surface area contributed by atoms with Crippen molar-refractivity contribution in [3.8, 4) is 12.3 Å². The summed E-state index contributed by atoms with van der Waals surface area (Å²) >= 11 is 0. The monoisotopic (exact) mass is 414 g/mol. The third kappa shape index (κ3) is 6.19. The van der Waals surface area contributed by atoms with Crippen molar-refractivity contribution in [2.24, 2.45) is 0 Å². The number of rotatable bonds is 8. The maximum Gasteiger partial charge on any atom is 0.338 e. The van der Waals surface area contributed by atoms with Crippen LogP contribution >= 0.6 is 0 Å². The molecular weight excluding hydrogens is 396 g/mol. The van der Waals surface area contributed by atoms with E-state index in [2.05, 4.69) is 16.0 Å². The van der Waals surface area contributed by atoms with Crippen LogP contribution in [0.2, 0.25) is 0 Å². The van der Waals surface area contributed by atoms with Gasteiger partial charge in [-0.1, -0.05) is 18.1 Å². The zero-order valence-corrected chi connectivity index (χ0v) is 16.3. The molecular formula is C20H18N2O6S. The first-order valence-electron chi connectivity index (χ1n) is 8.34. The maximum absolute atomic E-state index is 12.4. The standard InChI is InChI=1S/C20H18N2O6S/c1-3-12-21-19(24)13-28-20(25)16-4-8-17(9-5-16)22-29(26,27)18-10-6-15(7-11-18)14(2)23/h1,4-11,22H,12-13H2,2H3,(H,21,24). The fourth-order valence-electron chi connectivity index (χ4n) is 2.17. The summed E-state index contributed by atoms with van der Waals surface area (Å²) in [6.45, 7) is 0.936. The molecule has 1 amide bonds. The van der Waals surface area contributed by atoms with Crippen molar-refractivity contribution in [3.63, 3.8) is 0 Å². The van der Waals surface area contributed by atoms with E-state index in [1.54, 1.807) is 0 Å². The average molecular weight is 414 g/mol. The van der Waals surface area contributed by atoms with E-state index in [0.29, 0.717) is 5.56 Å². The second-order valence-electron chi connectivity index (χ2n) is 5.82. The lowest BCUT2D eigenvalue weighted by Crippen LogP contribution is -2.28. The second-order valence-corrected chi connectivity index (χ2v) is 7.50. The third-order valence-corrected chi connectivity index (χ3v) is 5.06. The number of hydrogen-bond donors (Lipinski definition) is 2. The van der Waals surface area contributed by atoms with Crippen LogP contribution in [0.15, 0.2) is 53.4 Å². The van der Waals surface area contributed by atoms with Crippen LogP contribution in [0, 0.1) is 12.3 Å². The molecule has 0 bridgehead atoms. The highest BCUT2D eigenvalue weighted by molar-refractivity contribution is 7.92. The van der Waals surface area contributed by atoms with E-state index >= 15 is 0 Å². The average Bonchev–Trinajstić information content (AvgIpc) is 2.70. The quantitative estimate of drug-likeness (QED) is 0.385. The van der Waals surface area contributed by atoms with E-state index in [1.165, 1.54) is 55.5 Å². The zero-order chi connectivity index (χ0) is 21.4. The maximum atomic E-state index is 12.4. The molecule has 0 heterocycles. The minimum atomic E-state index is -3.87. The van der Waals surface area contributed by atoms with Crippen LogP contribution in [0.5, 0.6) is 0 Å². The Hall–Kier alpha value is -3.64. The summed E-state index contributed by atoms with van der Waals surface area (Å²) in [7, 11) is -3.87. The van der Waals surface area contributed by atoms with Crippen molar-refractivity contribution < 1.29 is 27.5 Å². The van der Waals surface area contributed by atoms with Crippen LogP contribution in [-0.4, -0.2) is 39.2 Å². The molecule has 0 aromatic heterocycles. The summed E-state index contributed by atoms with van der Waals surface area (Å²) in [6.07, 6.45) is 5.00. The van der Waals surface area contributed by atoms with Crippen LogP contribution in [0.4, 0.5) is 5.69 Å². The second kappa shape index (κ2) is 9.52. The molecule has 0 unspecified atom stereocenters. The molecule has 0 fully saturated rings. The van der Waals surface area contributed by atoms with Gasteiger partial charge in [-0.25, -0.2) is 13.2 Å². The van der Waals surface area contributed by atoms with E-state index in [1.807, 2.05) is 0 Å². The number of carbonyl (C=O) groups is 3. The Bertz CT molecular complexity index is 1050. The molecule has 9 heteroatoms. The number of esters is 1. The number of ether oxygens (including phenoxy) is 1. The fraction of sp³-hybridized carbons (Fsp3) is 0.150. The van der Waals surface area contributed by atoms with Gasteiger partial charge in [-0.05, 0) is 43.3 Å². The van der Waals surface area contributed by atoms with Gasteiger partial charge in [0.05, 0.1) is 17.0 Å². The Kier molecular flexibility index (Phi) is 7.11. The number of Topliss-reactive ketones (excluding diaryl/α,β-unsaturated/α-hetero) is 1. The van der Waals surface area contributed by atoms with E-state index in [9.17, 15) is 22.8 Å². The minimum absolute atomic E-state index is 0.0102. The summed E-state index contributed by atoms with van der Waals surface area (Å²) in [5.74, 6) is 0.778. The number of sulfonamides is 1. The number of carbonyl (C=O) groups excluding carboxylic acids is 3. The Balaban J connectivity index is 2.00. The predicted octanol–water partition coefficient (Wildman–Crippen LogP) is 1.60. The van der Waals surface area contributed by atoms with Gasteiger partial charge in [0.15, 0.2) is 12.4 Å². The molecule has 0 aliphatic heterocycles. The number of benzene rings is 2. The van der Waals surface area contributed by atoms with Gasteiger partial charge in [0.1, 0.15) is 0 Å². The molecule has 29 heavy (non-hydrogen) atoms. The summed E-state index contributed by atoms with van der Waals surface area (Å²) in [5.41, 5.74) is 0.771. The summed E-state index contributed by atoms with van der Waals surface area (Å²) < 4.78 is 32.1. The van der Waals surface area contributed by atoms with E-state index in [-0.39, 0.29) is 28.5 Å². The van der Waals surface area contributed by atoms with Crippen molar-refractivity contribution in [1.82, 2.24) is 5.32 Å². The zero-order valence-electron chi connectivity index (χ0n) is 15.5. The molecule has 0 aliphatic rings. The molecule has 2 rings (SSSR count). The van der Waals surface area contributed by atoms with Crippen LogP contribution in [0.1, 0.15) is 27.6 Å². The molecule has 0 saturated carbocycles. The molecule has 150 valence electrons. The lowest BCUT2D eigenvalue weighted by Gasteiger charge is -2.09. The molecule has 0 atom stereocenters. The first-order valence-corrected chi connectivity index (χ1v) is 9.82. The molecule has 2 aromatic carbocycles. The Morgan fingerprint density at radius 3 is 2.14 bits per heavy atom. The van der Waals surface area contributed by atoms with Gasteiger partial charge < -0.3 is 10.1 Å². The lowest BCUT2D eigenvalue weighted by molar-refractivity contribution is -0.123. The van der Waals surface area contributed by atoms with Crippen molar-refractivity contribution in [2.45, 2.75) is 11.8 Å². The van der Waals surface area contributed by atoms with Crippen molar-refractivity contribution in [2.75, 3.05) is 17.9 Å². The number of anilines is 1. The number of amides is 1. The molecule has 0 spiro atoms. The summed E-state index contributed by atoms with van der Waals surface area (Å²) in [5, 5.41) is 2.35. The Morgan fingerprint density at radius 1 is 1.00 bits per heavy atom. The lowest BCUT2D eigenvalue weighted by atomic mass is 10.2. The Labute approximate surface area is 168 Å². The molecule has 0 saturated heterocycles. The van der Waals surface area contributed by atoms with Crippen LogP contribution in [-0.2, 0) is 19.6 Å². The van der Waals surface area contributed by atoms with Gasteiger partial charge in [-0.3, -0.25) is 14.3 Å². The predicted molar refractivity (Wildman–Crippen MR) is 106 cm³/mol.